The summed E-state index contributed by atoms with van der Waals surface area (Å²) in [7, 11) is 0. The van der Waals surface area contributed by atoms with Crippen molar-refractivity contribution in [1.82, 2.24) is 5.32 Å². The first kappa shape index (κ1) is 6.37. The fourth-order valence-corrected chi connectivity index (χ4v) is 0.816. The van der Waals surface area contributed by atoms with E-state index in [4.69, 9.17) is 5.26 Å². The van der Waals surface area contributed by atoms with Crippen molar-refractivity contribution in [2.45, 2.75) is 4.45 Å². The molecule has 0 spiro atoms. The maximum absolute atomic E-state index is 8.51. The summed E-state index contributed by atoms with van der Waals surface area (Å²) >= 11 is 3.18. The highest BCUT2D eigenvalue weighted by Crippen LogP contribution is 2.16. The van der Waals surface area contributed by atoms with E-state index in [1.165, 1.54) is 0 Å². The Morgan fingerprint density at radius 1 is 1.56 bits per heavy atom. The van der Waals surface area contributed by atoms with Gasteiger partial charge < -0.3 is 5.32 Å². The third kappa shape index (κ3) is 1.33. The molecule has 9 heavy (non-hydrogen) atoms. The molecular weight excluding hydrogens is 180 g/mol. The van der Waals surface area contributed by atoms with Crippen LogP contribution in [0.5, 0.6) is 0 Å². The molecule has 0 radical (unpaired) electrons. The Morgan fingerprint density at radius 3 is 2.67 bits per heavy atom. The van der Waals surface area contributed by atoms with Gasteiger partial charge in [0, 0.05) is 0 Å². The molecule has 0 amide bonds. The molecule has 1 atom stereocenters. The average Bonchev–Trinajstić information content (AvgIpc) is 1.90. The molecule has 46 valence electrons. The number of hydrogen-bond acceptors (Lipinski definition) is 2. The van der Waals surface area contributed by atoms with E-state index < -0.39 is 4.45 Å². The Bertz CT molecular complexity index is 202. The molecule has 0 saturated carbocycles. The van der Waals surface area contributed by atoms with Crippen molar-refractivity contribution < 1.29 is 0 Å². The predicted molar refractivity (Wildman–Crippen MR) is 38.7 cm³/mol. The second-order valence-electron chi connectivity index (χ2n) is 1.69. The number of nitriles is 1. The molecule has 0 aromatic heterocycles. The zero-order chi connectivity index (χ0) is 6.74. The van der Waals surface area contributed by atoms with Gasteiger partial charge in [-0.25, -0.2) is 0 Å². The van der Waals surface area contributed by atoms with Crippen LogP contribution in [-0.4, -0.2) is 4.45 Å². The first-order chi connectivity index (χ1) is 4.27. The molecule has 0 fully saturated rings. The lowest BCUT2D eigenvalue weighted by Crippen LogP contribution is -2.32. The minimum atomic E-state index is -0.679. The van der Waals surface area contributed by atoms with Gasteiger partial charge in [-0.05, 0) is 34.3 Å². The third-order valence-corrected chi connectivity index (χ3v) is 1.66. The van der Waals surface area contributed by atoms with Gasteiger partial charge in [0.1, 0.15) is 6.07 Å². The Morgan fingerprint density at radius 2 is 2.33 bits per heavy atom. The Balaban J connectivity index is 2.77. The van der Waals surface area contributed by atoms with E-state index in [0.717, 1.165) is 0 Å². The van der Waals surface area contributed by atoms with Crippen LogP contribution in [0.3, 0.4) is 0 Å². The van der Waals surface area contributed by atoms with E-state index in [1.807, 2.05) is 18.2 Å². The van der Waals surface area contributed by atoms with Crippen LogP contribution in [0.1, 0.15) is 0 Å². The second-order valence-corrected chi connectivity index (χ2v) is 2.94. The van der Waals surface area contributed by atoms with E-state index in [-0.39, 0.29) is 0 Å². The molecule has 1 aliphatic rings. The van der Waals surface area contributed by atoms with Gasteiger partial charge in [-0.1, -0.05) is 6.08 Å². The minimum absolute atomic E-state index is 0.679. The number of dihydropyridines is 1. The van der Waals surface area contributed by atoms with Crippen LogP contribution in [-0.2, 0) is 0 Å². The summed E-state index contributed by atoms with van der Waals surface area (Å²) in [5.74, 6) is 0. The minimum Gasteiger partial charge on any atom is -0.362 e. The van der Waals surface area contributed by atoms with E-state index in [0.29, 0.717) is 0 Å². The summed E-state index contributed by atoms with van der Waals surface area (Å²) in [5, 5.41) is 11.3. The van der Waals surface area contributed by atoms with Gasteiger partial charge in [0.2, 0.25) is 0 Å². The monoisotopic (exact) mass is 184 g/mol. The first-order valence-electron chi connectivity index (χ1n) is 2.49. The summed E-state index contributed by atoms with van der Waals surface area (Å²) in [6.45, 7) is 0. The van der Waals surface area contributed by atoms with Crippen molar-refractivity contribution >= 4 is 15.9 Å². The Hall–Kier alpha value is -0.750. The zero-order valence-corrected chi connectivity index (χ0v) is 6.22. The summed E-state index contributed by atoms with van der Waals surface area (Å²) in [6, 6.07) is 2.05. The largest absolute Gasteiger partial charge is 0.362 e. The molecule has 1 unspecified atom stereocenters. The molecule has 0 aliphatic carbocycles. The highest BCUT2D eigenvalue weighted by molar-refractivity contribution is 9.10. The van der Waals surface area contributed by atoms with Gasteiger partial charge in [0.05, 0.1) is 0 Å². The maximum Gasteiger partial charge on any atom is 0.199 e. The van der Waals surface area contributed by atoms with E-state index in [9.17, 15) is 0 Å². The molecule has 0 bridgehead atoms. The predicted octanol–water partition coefficient (Wildman–Crippen LogP) is 1.27. The number of rotatable bonds is 0. The molecule has 0 aromatic carbocycles. The number of nitrogens with zero attached hydrogens (tertiary/aromatic N) is 1. The number of alkyl halides is 1. The smallest absolute Gasteiger partial charge is 0.199 e. The van der Waals surface area contributed by atoms with Crippen LogP contribution < -0.4 is 5.32 Å². The van der Waals surface area contributed by atoms with Gasteiger partial charge in [0.15, 0.2) is 4.45 Å². The lowest BCUT2D eigenvalue weighted by atomic mass is 10.2. The summed E-state index contributed by atoms with van der Waals surface area (Å²) in [4.78, 5) is 0. The van der Waals surface area contributed by atoms with E-state index >= 15 is 0 Å². The van der Waals surface area contributed by atoms with Crippen molar-refractivity contribution in [2.24, 2.45) is 0 Å². The van der Waals surface area contributed by atoms with Crippen LogP contribution in [0.15, 0.2) is 24.4 Å². The summed E-state index contributed by atoms with van der Waals surface area (Å²) in [5.41, 5.74) is 0. The van der Waals surface area contributed by atoms with E-state index in [1.54, 1.807) is 12.3 Å². The molecule has 1 aliphatic heterocycles. The molecule has 1 heterocycles. The van der Waals surface area contributed by atoms with Crippen molar-refractivity contribution in [3.8, 4) is 6.07 Å². The molecular formula is C6H5BrN2. The van der Waals surface area contributed by atoms with Gasteiger partial charge in [-0.2, -0.15) is 5.26 Å². The fraction of sp³-hybridized carbons (Fsp3) is 0.167. The topological polar surface area (TPSA) is 35.8 Å². The molecule has 2 nitrogen and oxygen atoms in total. The first-order valence-corrected chi connectivity index (χ1v) is 3.28. The second kappa shape index (κ2) is 2.24. The van der Waals surface area contributed by atoms with Crippen LogP contribution in [0.4, 0.5) is 0 Å². The van der Waals surface area contributed by atoms with Crippen molar-refractivity contribution in [3.05, 3.63) is 24.4 Å². The highest BCUT2D eigenvalue weighted by Gasteiger charge is 2.20. The molecule has 0 saturated heterocycles. The fourth-order valence-electron chi connectivity index (χ4n) is 0.531. The standard InChI is InChI=1S/C6H5BrN2/c7-6(5-8)3-1-2-4-9-6/h1-4,9H. The molecule has 3 heteroatoms. The molecule has 1 N–H and O–H groups in total. The van der Waals surface area contributed by atoms with Gasteiger partial charge >= 0.3 is 0 Å². The summed E-state index contributed by atoms with van der Waals surface area (Å²) < 4.78 is -0.679. The van der Waals surface area contributed by atoms with Crippen LogP contribution in [0, 0.1) is 11.3 Å². The zero-order valence-electron chi connectivity index (χ0n) is 4.63. The maximum atomic E-state index is 8.51. The number of nitrogens with one attached hydrogen (secondary N) is 1. The van der Waals surface area contributed by atoms with Crippen molar-refractivity contribution in [2.75, 3.05) is 0 Å². The lowest BCUT2D eigenvalue weighted by Gasteiger charge is -2.16. The van der Waals surface area contributed by atoms with Gasteiger partial charge in [-0.15, -0.1) is 0 Å². The Kier molecular flexibility index (Phi) is 1.58. The SMILES string of the molecule is N#CC1(Br)C=CC=CN1. The van der Waals surface area contributed by atoms with Gasteiger partial charge in [-0.3, -0.25) is 0 Å². The highest BCUT2D eigenvalue weighted by atomic mass is 79.9. The Labute approximate surface area is 62.0 Å². The third-order valence-electron chi connectivity index (χ3n) is 0.989. The van der Waals surface area contributed by atoms with Crippen molar-refractivity contribution in [1.29, 1.82) is 5.26 Å². The van der Waals surface area contributed by atoms with E-state index in [2.05, 4.69) is 21.2 Å². The van der Waals surface area contributed by atoms with Gasteiger partial charge in [0.25, 0.3) is 0 Å². The normalized spacial score (nSPS) is 31.1. The van der Waals surface area contributed by atoms with Crippen LogP contribution in [0.2, 0.25) is 0 Å². The van der Waals surface area contributed by atoms with Crippen molar-refractivity contribution in [3.63, 3.8) is 0 Å². The number of hydrogen-bond donors (Lipinski definition) is 1. The number of allylic oxidation sites excluding steroid dienone is 2. The van der Waals surface area contributed by atoms with Crippen LogP contribution >= 0.6 is 15.9 Å². The number of halogens is 1. The molecule has 1 rings (SSSR count). The molecule has 0 aromatic rings. The quantitative estimate of drug-likeness (QED) is 0.455. The average molecular weight is 185 g/mol. The summed E-state index contributed by atoms with van der Waals surface area (Å²) in [6.07, 6.45) is 7.11. The lowest BCUT2D eigenvalue weighted by molar-refractivity contribution is 0.796. The van der Waals surface area contributed by atoms with Crippen LogP contribution in [0.25, 0.3) is 0 Å².